The molecule has 4 rings (SSSR count). The number of H-pyrrole nitrogens is 1. The SMILES string of the molecule is COc1ccc2nc(C)c(C(=O)NCc3nc4ccccc4[nH]3)cc2c1. The first kappa shape index (κ1) is 16.1. The van der Waals surface area contributed by atoms with Gasteiger partial charge in [-0.05, 0) is 43.3 Å². The Kier molecular flexibility index (Phi) is 4.01. The van der Waals surface area contributed by atoms with Crippen molar-refractivity contribution in [3.63, 3.8) is 0 Å². The van der Waals surface area contributed by atoms with Crippen LogP contribution in [0.4, 0.5) is 0 Å². The Morgan fingerprint density at radius 2 is 1.96 bits per heavy atom. The molecule has 6 heteroatoms. The molecule has 0 saturated carbocycles. The molecule has 2 N–H and O–H groups in total. The summed E-state index contributed by atoms with van der Waals surface area (Å²) in [7, 11) is 1.61. The quantitative estimate of drug-likeness (QED) is 0.594. The second-order valence-corrected chi connectivity index (χ2v) is 6.06. The first-order valence-corrected chi connectivity index (χ1v) is 8.31. The van der Waals surface area contributed by atoms with Crippen LogP contribution in [0.25, 0.3) is 21.9 Å². The lowest BCUT2D eigenvalue weighted by Crippen LogP contribution is -2.24. The number of carbonyl (C=O) groups is 1. The maximum absolute atomic E-state index is 12.6. The highest BCUT2D eigenvalue weighted by Gasteiger charge is 2.13. The molecule has 6 nitrogen and oxygen atoms in total. The van der Waals surface area contributed by atoms with E-state index in [1.807, 2.05) is 55.5 Å². The van der Waals surface area contributed by atoms with Gasteiger partial charge in [-0.1, -0.05) is 12.1 Å². The average Bonchev–Trinajstić information content (AvgIpc) is 3.08. The summed E-state index contributed by atoms with van der Waals surface area (Å²) in [5, 5.41) is 3.77. The van der Waals surface area contributed by atoms with E-state index in [1.165, 1.54) is 0 Å². The zero-order chi connectivity index (χ0) is 18.1. The normalized spacial score (nSPS) is 11.0. The summed E-state index contributed by atoms with van der Waals surface area (Å²) >= 11 is 0. The summed E-state index contributed by atoms with van der Waals surface area (Å²) in [5.41, 5.74) is 3.89. The minimum absolute atomic E-state index is 0.180. The first-order chi connectivity index (χ1) is 12.6. The minimum Gasteiger partial charge on any atom is -0.497 e. The molecule has 2 aromatic heterocycles. The number of aryl methyl sites for hydroxylation is 1. The number of rotatable bonds is 4. The van der Waals surface area contributed by atoms with Crippen LogP contribution in [0.15, 0.2) is 48.5 Å². The lowest BCUT2D eigenvalue weighted by atomic mass is 10.1. The lowest BCUT2D eigenvalue weighted by molar-refractivity contribution is 0.0949. The topological polar surface area (TPSA) is 79.9 Å². The first-order valence-electron chi connectivity index (χ1n) is 8.31. The van der Waals surface area contributed by atoms with Crippen molar-refractivity contribution in [2.24, 2.45) is 0 Å². The number of hydrogen-bond acceptors (Lipinski definition) is 4. The van der Waals surface area contributed by atoms with E-state index in [9.17, 15) is 4.79 Å². The van der Waals surface area contributed by atoms with E-state index in [0.717, 1.165) is 27.7 Å². The molecule has 130 valence electrons. The fourth-order valence-electron chi connectivity index (χ4n) is 2.96. The number of pyridine rings is 1. The van der Waals surface area contributed by atoms with Gasteiger partial charge in [-0.15, -0.1) is 0 Å². The number of nitrogens with one attached hydrogen (secondary N) is 2. The number of para-hydroxylation sites is 2. The summed E-state index contributed by atoms with van der Waals surface area (Å²) in [6.07, 6.45) is 0. The van der Waals surface area contributed by atoms with Crippen molar-refractivity contribution in [1.82, 2.24) is 20.3 Å². The zero-order valence-corrected chi connectivity index (χ0v) is 14.5. The van der Waals surface area contributed by atoms with Crippen LogP contribution in [-0.4, -0.2) is 28.0 Å². The Morgan fingerprint density at radius 3 is 2.77 bits per heavy atom. The molecule has 0 spiro atoms. The van der Waals surface area contributed by atoms with Gasteiger partial charge in [-0.25, -0.2) is 4.98 Å². The van der Waals surface area contributed by atoms with Crippen molar-refractivity contribution in [3.8, 4) is 5.75 Å². The number of carbonyl (C=O) groups excluding carboxylic acids is 1. The summed E-state index contributed by atoms with van der Waals surface area (Å²) in [4.78, 5) is 24.8. The number of nitrogens with zero attached hydrogens (tertiary/aromatic N) is 2. The smallest absolute Gasteiger partial charge is 0.253 e. The molecule has 0 aliphatic heterocycles. The van der Waals surface area contributed by atoms with Gasteiger partial charge in [0.2, 0.25) is 0 Å². The van der Waals surface area contributed by atoms with Crippen LogP contribution in [0, 0.1) is 6.92 Å². The molecule has 0 saturated heterocycles. The van der Waals surface area contributed by atoms with E-state index >= 15 is 0 Å². The number of benzene rings is 2. The van der Waals surface area contributed by atoms with E-state index < -0.39 is 0 Å². The molecule has 0 radical (unpaired) electrons. The van der Waals surface area contributed by atoms with Crippen molar-refractivity contribution >= 4 is 27.8 Å². The van der Waals surface area contributed by atoms with Gasteiger partial charge in [-0.2, -0.15) is 0 Å². The molecule has 0 unspecified atom stereocenters. The van der Waals surface area contributed by atoms with E-state index in [4.69, 9.17) is 4.74 Å². The predicted molar refractivity (Wildman–Crippen MR) is 100 cm³/mol. The number of aromatic amines is 1. The molecule has 1 amide bonds. The molecule has 0 bridgehead atoms. The number of aromatic nitrogens is 3. The maximum Gasteiger partial charge on any atom is 0.253 e. The molecule has 0 fully saturated rings. The van der Waals surface area contributed by atoms with Gasteiger partial charge in [0.05, 0.1) is 41.5 Å². The summed E-state index contributed by atoms with van der Waals surface area (Å²) < 4.78 is 5.25. The molecule has 0 aliphatic rings. The molecule has 4 aromatic rings. The number of hydrogen-bond donors (Lipinski definition) is 2. The van der Waals surface area contributed by atoms with E-state index in [-0.39, 0.29) is 5.91 Å². The highest BCUT2D eigenvalue weighted by atomic mass is 16.5. The van der Waals surface area contributed by atoms with Gasteiger partial charge in [0.1, 0.15) is 11.6 Å². The third kappa shape index (κ3) is 2.97. The van der Waals surface area contributed by atoms with Crippen LogP contribution in [0.3, 0.4) is 0 Å². The largest absolute Gasteiger partial charge is 0.497 e. The Balaban J connectivity index is 1.57. The van der Waals surface area contributed by atoms with E-state index in [1.54, 1.807) is 7.11 Å². The molecule has 0 aliphatic carbocycles. The summed E-state index contributed by atoms with van der Waals surface area (Å²) in [6, 6.07) is 15.2. The number of ether oxygens (including phenoxy) is 1. The molecule has 0 atom stereocenters. The second kappa shape index (κ2) is 6.48. The van der Waals surface area contributed by atoms with Crippen LogP contribution in [0.5, 0.6) is 5.75 Å². The maximum atomic E-state index is 12.6. The highest BCUT2D eigenvalue weighted by molar-refractivity contribution is 5.98. The van der Waals surface area contributed by atoms with Crippen molar-refractivity contribution < 1.29 is 9.53 Å². The molecule has 2 heterocycles. The van der Waals surface area contributed by atoms with E-state index in [2.05, 4.69) is 20.3 Å². The highest BCUT2D eigenvalue weighted by Crippen LogP contribution is 2.22. The van der Waals surface area contributed by atoms with E-state index in [0.29, 0.717) is 23.6 Å². The van der Waals surface area contributed by atoms with Crippen molar-refractivity contribution in [3.05, 3.63) is 65.6 Å². The lowest BCUT2D eigenvalue weighted by Gasteiger charge is -2.09. The van der Waals surface area contributed by atoms with Crippen LogP contribution < -0.4 is 10.1 Å². The fourth-order valence-corrected chi connectivity index (χ4v) is 2.96. The third-order valence-electron chi connectivity index (χ3n) is 4.31. The van der Waals surface area contributed by atoms with Crippen molar-refractivity contribution in [1.29, 1.82) is 0 Å². The monoisotopic (exact) mass is 346 g/mol. The molecule has 2 aromatic carbocycles. The van der Waals surface area contributed by atoms with Gasteiger partial charge in [0.25, 0.3) is 5.91 Å². The number of amides is 1. The van der Waals surface area contributed by atoms with Crippen molar-refractivity contribution in [2.75, 3.05) is 7.11 Å². The molecule has 26 heavy (non-hydrogen) atoms. The van der Waals surface area contributed by atoms with Gasteiger partial charge >= 0.3 is 0 Å². The van der Waals surface area contributed by atoms with Crippen LogP contribution in [0.1, 0.15) is 21.9 Å². The Labute approximate surface area is 150 Å². The zero-order valence-electron chi connectivity index (χ0n) is 14.5. The van der Waals surface area contributed by atoms with Crippen LogP contribution in [-0.2, 0) is 6.54 Å². The van der Waals surface area contributed by atoms with Crippen molar-refractivity contribution in [2.45, 2.75) is 13.5 Å². The Bertz CT molecular complexity index is 1080. The Morgan fingerprint density at radius 1 is 1.12 bits per heavy atom. The summed E-state index contributed by atoms with van der Waals surface area (Å²) in [6.45, 7) is 2.16. The fraction of sp³-hybridized carbons (Fsp3) is 0.150. The number of imidazole rings is 1. The van der Waals surface area contributed by atoms with Gasteiger partial charge in [-0.3, -0.25) is 9.78 Å². The van der Waals surface area contributed by atoms with Gasteiger partial charge in [0, 0.05) is 5.39 Å². The minimum atomic E-state index is -0.180. The van der Waals surface area contributed by atoms with Crippen LogP contribution >= 0.6 is 0 Å². The molecular formula is C20H18N4O2. The predicted octanol–water partition coefficient (Wildman–Crippen LogP) is 3.36. The third-order valence-corrected chi connectivity index (χ3v) is 4.31. The second-order valence-electron chi connectivity index (χ2n) is 6.06. The Hall–Kier alpha value is -3.41. The van der Waals surface area contributed by atoms with Crippen LogP contribution in [0.2, 0.25) is 0 Å². The number of fused-ring (bicyclic) bond motifs is 2. The molecular weight excluding hydrogens is 328 g/mol. The van der Waals surface area contributed by atoms with Gasteiger partial charge < -0.3 is 15.0 Å². The average molecular weight is 346 g/mol. The standard InChI is InChI=1S/C20H18N4O2/c1-12-15(10-13-9-14(26-2)7-8-16(13)22-12)20(25)21-11-19-23-17-5-3-4-6-18(17)24-19/h3-10H,11H2,1-2H3,(H,21,25)(H,23,24). The van der Waals surface area contributed by atoms with Gasteiger partial charge in [0.15, 0.2) is 0 Å². The number of methoxy groups -OCH3 is 1. The summed E-state index contributed by atoms with van der Waals surface area (Å²) in [5.74, 6) is 1.27.